The number of aromatic amines is 1. The number of H-pyrrole nitrogens is 1. The van der Waals surface area contributed by atoms with E-state index in [0.717, 1.165) is 16.7 Å². The topological polar surface area (TPSA) is 33.6 Å². The van der Waals surface area contributed by atoms with Crippen LogP contribution in [0.3, 0.4) is 0 Å². The normalized spacial score (nSPS) is 11.8. The second-order valence-electron chi connectivity index (χ2n) is 5.26. The molecule has 0 bridgehead atoms. The zero-order valence-electron chi connectivity index (χ0n) is 10.7. The van der Waals surface area contributed by atoms with E-state index in [9.17, 15) is 0 Å². The van der Waals surface area contributed by atoms with Crippen molar-refractivity contribution >= 4 is 28.1 Å². The van der Waals surface area contributed by atoms with E-state index in [1.807, 2.05) is 12.1 Å². The average Bonchev–Trinajstić information content (AvgIpc) is 2.59. The first-order chi connectivity index (χ1) is 8.38. The van der Waals surface area contributed by atoms with E-state index in [1.165, 1.54) is 5.56 Å². The summed E-state index contributed by atoms with van der Waals surface area (Å²) in [5.41, 5.74) is 1.15. The zero-order valence-corrected chi connectivity index (χ0v) is 13.1. The van der Waals surface area contributed by atoms with Crippen LogP contribution in [0.4, 0.5) is 0 Å². The maximum Gasteiger partial charge on any atom is 0.195 e. The molecule has 0 unspecified atom stereocenters. The van der Waals surface area contributed by atoms with Crippen LogP contribution in [-0.4, -0.2) is 14.8 Å². The number of benzene rings is 1. The smallest absolute Gasteiger partial charge is 0.195 e. The third-order valence-corrected chi connectivity index (χ3v) is 3.43. The summed E-state index contributed by atoms with van der Waals surface area (Å²) < 4.78 is 3.83. The van der Waals surface area contributed by atoms with Crippen LogP contribution in [0.5, 0.6) is 0 Å². The Morgan fingerprint density at radius 1 is 1.39 bits per heavy atom. The average molecular weight is 326 g/mol. The van der Waals surface area contributed by atoms with Crippen LogP contribution in [0.1, 0.15) is 32.2 Å². The number of nitrogens with zero attached hydrogens (tertiary/aromatic N) is 2. The summed E-state index contributed by atoms with van der Waals surface area (Å²) in [5, 5.41) is 7.22. The second kappa shape index (κ2) is 4.97. The Morgan fingerprint density at radius 3 is 2.72 bits per heavy atom. The van der Waals surface area contributed by atoms with E-state index in [4.69, 9.17) is 12.2 Å². The van der Waals surface area contributed by atoms with Gasteiger partial charge < -0.3 is 0 Å². The van der Waals surface area contributed by atoms with Crippen molar-refractivity contribution in [1.82, 2.24) is 14.8 Å². The third kappa shape index (κ3) is 2.90. The van der Waals surface area contributed by atoms with Gasteiger partial charge in [0.15, 0.2) is 4.77 Å². The number of nitrogens with one attached hydrogen (secondary N) is 1. The molecule has 0 amide bonds. The largest absolute Gasteiger partial charge is 0.298 e. The first-order valence-corrected chi connectivity index (χ1v) is 6.99. The summed E-state index contributed by atoms with van der Waals surface area (Å²) in [6.45, 7) is 6.38. The van der Waals surface area contributed by atoms with Crippen LogP contribution in [0, 0.1) is 4.77 Å². The zero-order chi connectivity index (χ0) is 13.3. The lowest BCUT2D eigenvalue weighted by atomic mass is 10.1. The molecule has 2 rings (SSSR count). The summed E-state index contributed by atoms with van der Waals surface area (Å²) in [6, 6.07) is 8.24. The minimum Gasteiger partial charge on any atom is -0.298 e. The van der Waals surface area contributed by atoms with Gasteiger partial charge in [0.1, 0.15) is 5.82 Å². The van der Waals surface area contributed by atoms with Gasteiger partial charge >= 0.3 is 0 Å². The van der Waals surface area contributed by atoms with E-state index >= 15 is 0 Å². The maximum atomic E-state index is 5.30. The highest BCUT2D eigenvalue weighted by Gasteiger charge is 2.19. The molecule has 0 aliphatic carbocycles. The fraction of sp³-hybridized carbons (Fsp3) is 0.385. The molecule has 0 spiro atoms. The predicted molar refractivity (Wildman–Crippen MR) is 79.4 cm³/mol. The van der Waals surface area contributed by atoms with Crippen molar-refractivity contribution in [3.8, 4) is 0 Å². The van der Waals surface area contributed by atoms with Crippen molar-refractivity contribution in [1.29, 1.82) is 0 Å². The first-order valence-electron chi connectivity index (χ1n) is 5.79. The molecule has 0 fully saturated rings. The van der Waals surface area contributed by atoms with E-state index in [0.29, 0.717) is 4.77 Å². The van der Waals surface area contributed by atoms with Crippen molar-refractivity contribution in [3.05, 3.63) is 44.9 Å². The Bertz CT molecular complexity index is 607. The SMILES string of the molecule is CC(C)(C)n1c(Cc2cccc(Br)c2)n[nH]c1=S. The Hall–Kier alpha value is -0.940. The molecule has 0 aliphatic rings. The van der Waals surface area contributed by atoms with E-state index < -0.39 is 0 Å². The number of hydrogen-bond acceptors (Lipinski definition) is 2. The molecule has 1 aromatic carbocycles. The van der Waals surface area contributed by atoms with Crippen molar-refractivity contribution in [2.45, 2.75) is 32.7 Å². The Kier molecular flexibility index (Phi) is 3.73. The van der Waals surface area contributed by atoms with Crippen molar-refractivity contribution in [3.63, 3.8) is 0 Å². The number of aromatic nitrogens is 3. The molecular formula is C13H16BrN3S. The summed E-state index contributed by atoms with van der Waals surface area (Å²) in [6.07, 6.45) is 0.768. The van der Waals surface area contributed by atoms with Gasteiger partial charge in [0.05, 0.1) is 0 Å². The molecule has 1 heterocycles. The van der Waals surface area contributed by atoms with Gasteiger partial charge in [-0.05, 0) is 50.7 Å². The van der Waals surface area contributed by atoms with Gasteiger partial charge in [-0.3, -0.25) is 9.67 Å². The fourth-order valence-corrected chi connectivity index (χ4v) is 2.84. The van der Waals surface area contributed by atoms with Gasteiger partial charge in [-0.25, -0.2) is 0 Å². The number of halogens is 1. The van der Waals surface area contributed by atoms with Gasteiger partial charge in [-0.15, -0.1) is 0 Å². The number of hydrogen-bond donors (Lipinski definition) is 1. The molecule has 1 N–H and O–H groups in total. The van der Waals surface area contributed by atoms with E-state index in [-0.39, 0.29) is 5.54 Å². The summed E-state index contributed by atoms with van der Waals surface area (Å²) >= 11 is 8.78. The van der Waals surface area contributed by atoms with Crippen LogP contribution < -0.4 is 0 Å². The highest BCUT2D eigenvalue weighted by atomic mass is 79.9. The van der Waals surface area contributed by atoms with Crippen molar-refractivity contribution in [2.75, 3.05) is 0 Å². The van der Waals surface area contributed by atoms with E-state index in [2.05, 4.69) is 63.6 Å². The van der Waals surface area contributed by atoms with Crippen LogP contribution in [0.2, 0.25) is 0 Å². The van der Waals surface area contributed by atoms with Gasteiger partial charge in [-0.2, -0.15) is 5.10 Å². The van der Waals surface area contributed by atoms with Gasteiger partial charge in [-0.1, -0.05) is 28.1 Å². The van der Waals surface area contributed by atoms with Crippen LogP contribution in [-0.2, 0) is 12.0 Å². The Morgan fingerprint density at radius 2 is 2.11 bits per heavy atom. The molecule has 0 saturated heterocycles. The first kappa shape index (κ1) is 13.5. The van der Waals surface area contributed by atoms with E-state index in [1.54, 1.807) is 0 Å². The maximum absolute atomic E-state index is 5.30. The van der Waals surface area contributed by atoms with Crippen LogP contribution >= 0.6 is 28.1 Å². The Labute approximate surface area is 120 Å². The monoisotopic (exact) mass is 325 g/mol. The quantitative estimate of drug-likeness (QED) is 0.845. The molecule has 5 heteroatoms. The minimum absolute atomic E-state index is 0.0641. The minimum atomic E-state index is -0.0641. The van der Waals surface area contributed by atoms with Crippen LogP contribution in [0.25, 0.3) is 0 Å². The predicted octanol–water partition coefficient (Wildman–Crippen LogP) is 4.05. The third-order valence-electron chi connectivity index (χ3n) is 2.66. The lowest BCUT2D eigenvalue weighted by molar-refractivity contribution is 0.380. The van der Waals surface area contributed by atoms with Crippen molar-refractivity contribution < 1.29 is 0 Å². The second-order valence-corrected chi connectivity index (χ2v) is 6.56. The van der Waals surface area contributed by atoms with Crippen molar-refractivity contribution in [2.24, 2.45) is 0 Å². The molecule has 96 valence electrons. The molecular weight excluding hydrogens is 310 g/mol. The Balaban J connectivity index is 2.39. The summed E-state index contributed by atoms with van der Waals surface area (Å²) in [7, 11) is 0. The summed E-state index contributed by atoms with van der Waals surface area (Å²) in [4.78, 5) is 0. The molecule has 0 atom stereocenters. The van der Waals surface area contributed by atoms with Gasteiger partial charge in [0.25, 0.3) is 0 Å². The molecule has 0 aliphatic heterocycles. The summed E-state index contributed by atoms with van der Waals surface area (Å²) in [5.74, 6) is 0.964. The molecule has 18 heavy (non-hydrogen) atoms. The standard InChI is InChI=1S/C13H16BrN3S/c1-13(2,3)17-11(15-16-12(17)18)8-9-5-4-6-10(14)7-9/h4-7H,8H2,1-3H3,(H,16,18). The molecule has 2 aromatic rings. The van der Waals surface area contributed by atoms with Gasteiger partial charge in [0, 0.05) is 16.4 Å². The van der Waals surface area contributed by atoms with Gasteiger partial charge in [0.2, 0.25) is 0 Å². The molecule has 0 radical (unpaired) electrons. The molecule has 1 aromatic heterocycles. The van der Waals surface area contributed by atoms with Crippen LogP contribution in [0.15, 0.2) is 28.7 Å². The number of rotatable bonds is 2. The molecule has 0 saturated carbocycles. The lowest BCUT2D eigenvalue weighted by Gasteiger charge is -2.22. The highest BCUT2D eigenvalue weighted by molar-refractivity contribution is 9.10. The highest BCUT2D eigenvalue weighted by Crippen LogP contribution is 2.20. The molecule has 3 nitrogen and oxygen atoms in total. The lowest BCUT2D eigenvalue weighted by Crippen LogP contribution is -2.24. The fourth-order valence-electron chi connectivity index (χ4n) is 1.97.